The summed E-state index contributed by atoms with van der Waals surface area (Å²) in [5.74, 6) is 0.269. The Labute approximate surface area is 171 Å². The van der Waals surface area contributed by atoms with E-state index in [4.69, 9.17) is 5.73 Å². The van der Waals surface area contributed by atoms with Gasteiger partial charge in [-0.1, -0.05) is 78.6 Å². The Morgan fingerprint density at radius 1 is 0.926 bits per heavy atom. The Hall–Kier alpha value is -0.120. The molecule has 0 amide bonds. The molecule has 0 spiro atoms. The molecule has 1 saturated carbocycles. The second-order valence-electron chi connectivity index (χ2n) is 9.60. The van der Waals surface area contributed by atoms with Crippen molar-refractivity contribution in [2.45, 2.75) is 149 Å². The van der Waals surface area contributed by atoms with Crippen molar-refractivity contribution < 1.29 is 0 Å². The standard InChI is InChI=1S/C24H51N3/c1-7-9-12-16-20(3)22(5)27(23-18-14-11-15-19-23)24(6,25)26-21(4)17-13-10-8-2/h20-23,26H,7-19,25H2,1-6H3/t20-,21-,22?,24-/m1/s1. The van der Waals surface area contributed by atoms with Crippen LogP contribution in [0.1, 0.15) is 125 Å². The van der Waals surface area contributed by atoms with Gasteiger partial charge in [0.1, 0.15) is 5.79 Å². The third-order valence-electron chi connectivity index (χ3n) is 6.81. The fourth-order valence-electron chi connectivity index (χ4n) is 5.07. The van der Waals surface area contributed by atoms with Crippen molar-refractivity contribution in [2.75, 3.05) is 0 Å². The summed E-state index contributed by atoms with van der Waals surface area (Å²) in [4.78, 5) is 2.68. The molecule has 1 unspecified atom stereocenters. The van der Waals surface area contributed by atoms with Crippen LogP contribution in [0.15, 0.2) is 0 Å². The monoisotopic (exact) mass is 381 g/mol. The molecule has 3 N–H and O–H groups in total. The van der Waals surface area contributed by atoms with Crippen molar-refractivity contribution >= 4 is 0 Å². The van der Waals surface area contributed by atoms with E-state index in [1.165, 1.54) is 83.5 Å². The second kappa shape index (κ2) is 13.2. The van der Waals surface area contributed by atoms with E-state index in [1.54, 1.807) is 0 Å². The van der Waals surface area contributed by atoms with Gasteiger partial charge in [0.05, 0.1) is 0 Å². The average Bonchev–Trinajstić information content (AvgIpc) is 2.62. The fourth-order valence-corrected chi connectivity index (χ4v) is 5.07. The van der Waals surface area contributed by atoms with Gasteiger partial charge in [-0.3, -0.25) is 10.2 Å². The molecule has 1 rings (SSSR count). The molecule has 0 aromatic carbocycles. The van der Waals surface area contributed by atoms with Crippen molar-refractivity contribution in [3.8, 4) is 0 Å². The number of hydrogen-bond acceptors (Lipinski definition) is 3. The highest BCUT2D eigenvalue weighted by Gasteiger charge is 2.39. The number of rotatable bonds is 14. The molecule has 3 nitrogen and oxygen atoms in total. The first kappa shape index (κ1) is 24.9. The fraction of sp³-hybridized carbons (Fsp3) is 1.00. The summed E-state index contributed by atoms with van der Waals surface area (Å²) in [7, 11) is 0. The van der Waals surface area contributed by atoms with E-state index < -0.39 is 5.79 Å². The largest absolute Gasteiger partial charge is 0.301 e. The smallest absolute Gasteiger partial charge is 0.121 e. The maximum atomic E-state index is 7.01. The number of hydrogen-bond donors (Lipinski definition) is 2. The summed E-state index contributed by atoms with van der Waals surface area (Å²) in [5, 5.41) is 3.82. The van der Waals surface area contributed by atoms with Crippen LogP contribution in [0, 0.1) is 5.92 Å². The molecule has 1 fully saturated rings. The zero-order valence-corrected chi connectivity index (χ0v) is 19.5. The first-order valence-corrected chi connectivity index (χ1v) is 12.2. The van der Waals surface area contributed by atoms with Gasteiger partial charge in [-0.15, -0.1) is 0 Å². The van der Waals surface area contributed by atoms with Crippen molar-refractivity contribution in [1.29, 1.82) is 0 Å². The summed E-state index contributed by atoms with van der Waals surface area (Å²) < 4.78 is 0. The first-order chi connectivity index (χ1) is 12.8. The third-order valence-corrected chi connectivity index (χ3v) is 6.81. The molecule has 3 heteroatoms. The number of nitrogens with zero attached hydrogens (tertiary/aromatic N) is 1. The molecule has 1 aliphatic rings. The minimum atomic E-state index is -0.425. The molecular weight excluding hydrogens is 330 g/mol. The molecule has 4 atom stereocenters. The summed E-state index contributed by atoms with van der Waals surface area (Å²) in [6.45, 7) is 14.0. The van der Waals surface area contributed by atoms with Crippen LogP contribution in [-0.2, 0) is 0 Å². The average molecular weight is 382 g/mol. The van der Waals surface area contributed by atoms with Gasteiger partial charge in [0, 0.05) is 18.1 Å². The van der Waals surface area contributed by atoms with Crippen LogP contribution < -0.4 is 11.1 Å². The van der Waals surface area contributed by atoms with Gasteiger partial charge in [0.25, 0.3) is 0 Å². The Kier molecular flexibility index (Phi) is 12.2. The molecule has 0 bridgehead atoms. The molecule has 1 aliphatic carbocycles. The van der Waals surface area contributed by atoms with E-state index >= 15 is 0 Å². The van der Waals surface area contributed by atoms with Gasteiger partial charge < -0.3 is 5.73 Å². The molecule has 0 heterocycles. The zero-order valence-electron chi connectivity index (χ0n) is 19.5. The highest BCUT2D eigenvalue weighted by atomic mass is 15.4. The van der Waals surface area contributed by atoms with E-state index in [2.05, 4.69) is 51.8 Å². The Bertz CT molecular complexity index is 363. The van der Waals surface area contributed by atoms with Gasteiger partial charge >= 0.3 is 0 Å². The molecule has 0 aromatic rings. The van der Waals surface area contributed by atoms with E-state index in [9.17, 15) is 0 Å². The summed E-state index contributed by atoms with van der Waals surface area (Å²) in [5.41, 5.74) is 7.01. The van der Waals surface area contributed by atoms with Crippen molar-refractivity contribution in [3.63, 3.8) is 0 Å². The van der Waals surface area contributed by atoms with E-state index in [-0.39, 0.29) is 0 Å². The van der Waals surface area contributed by atoms with Crippen LogP contribution in [0.5, 0.6) is 0 Å². The van der Waals surface area contributed by atoms with E-state index in [0.29, 0.717) is 24.0 Å². The summed E-state index contributed by atoms with van der Waals surface area (Å²) >= 11 is 0. The lowest BCUT2D eigenvalue weighted by Crippen LogP contribution is -2.70. The number of nitrogens with two attached hydrogens (primary N) is 1. The molecule has 27 heavy (non-hydrogen) atoms. The Morgan fingerprint density at radius 2 is 1.48 bits per heavy atom. The van der Waals surface area contributed by atoms with Crippen molar-refractivity contribution in [3.05, 3.63) is 0 Å². The normalized spacial score (nSPS) is 21.8. The second-order valence-corrected chi connectivity index (χ2v) is 9.60. The highest BCUT2D eigenvalue weighted by Crippen LogP contribution is 2.31. The van der Waals surface area contributed by atoms with Crippen LogP contribution in [0.4, 0.5) is 0 Å². The molecule has 0 saturated heterocycles. The first-order valence-electron chi connectivity index (χ1n) is 12.2. The molecule has 0 radical (unpaired) electrons. The number of nitrogens with one attached hydrogen (secondary N) is 1. The minimum Gasteiger partial charge on any atom is -0.301 e. The topological polar surface area (TPSA) is 41.3 Å². The summed E-state index contributed by atoms with van der Waals surface area (Å²) in [6.07, 6.45) is 17.2. The van der Waals surface area contributed by atoms with Crippen molar-refractivity contribution in [1.82, 2.24) is 10.2 Å². The lowest BCUT2D eigenvalue weighted by atomic mass is 9.88. The van der Waals surface area contributed by atoms with Gasteiger partial charge in [-0.25, -0.2) is 0 Å². The van der Waals surface area contributed by atoms with Gasteiger partial charge in [0.15, 0.2) is 0 Å². The molecular formula is C24H51N3. The third kappa shape index (κ3) is 8.83. The lowest BCUT2D eigenvalue weighted by molar-refractivity contribution is -0.0391. The summed E-state index contributed by atoms with van der Waals surface area (Å²) in [6, 6.07) is 1.63. The predicted molar refractivity (Wildman–Crippen MR) is 121 cm³/mol. The Morgan fingerprint density at radius 3 is 2.04 bits per heavy atom. The lowest BCUT2D eigenvalue weighted by Gasteiger charge is -2.51. The molecule has 0 aliphatic heterocycles. The Balaban J connectivity index is 2.81. The van der Waals surface area contributed by atoms with E-state index in [0.717, 1.165) is 0 Å². The quantitative estimate of drug-likeness (QED) is 0.269. The van der Waals surface area contributed by atoms with Crippen LogP contribution in [0.2, 0.25) is 0 Å². The van der Waals surface area contributed by atoms with Gasteiger partial charge in [-0.2, -0.15) is 0 Å². The zero-order chi connectivity index (χ0) is 20.3. The minimum absolute atomic E-state index is 0.425. The maximum Gasteiger partial charge on any atom is 0.121 e. The SMILES string of the molecule is CCCCC[C@@H](C)N[C@@](C)(N)N(C1CCCCC1)C(C)[C@H](C)CCCCC. The van der Waals surface area contributed by atoms with Crippen LogP contribution in [0.25, 0.3) is 0 Å². The van der Waals surface area contributed by atoms with Crippen molar-refractivity contribution in [2.24, 2.45) is 11.7 Å². The van der Waals surface area contributed by atoms with Gasteiger partial charge in [-0.05, 0) is 52.4 Å². The molecule has 162 valence electrons. The van der Waals surface area contributed by atoms with Crippen LogP contribution in [-0.4, -0.2) is 28.8 Å². The van der Waals surface area contributed by atoms with Crippen LogP contribution >= 0.6 is 0 Å². The highest BCUT2D eigenvalue weighted by molar-refractivity contribution is 4.91. The van der Waals surface area contributed by atoms with Crippen LogP contribution in [0.3, 0.4) is 0 Å². The maximum absolute atomic E-state index is 7.01. The number of unbranched alkanes of at least 4 members (excludes halogenated alkanes) is 4. The van der Waals surface area contributed by atoms with E-state index in [1.807, 2.05) is 0 Å². The molecule has 0 aromatic heterocycles. The van der Waals surface area contributed by atoms with Gasteiger partial charge in [0.2, 0.25) is 0 Å². The predicted octanol–water partition coefficient (Wildman–Crippen LogP) is 6.42.